The molecule has 3 aromatic rings. The third-order valence-electron chi connectivity index (χ3n) is 2.87. The molecule has 4 heteroatoms. The molecule has 18 heavy (non-hydrogen) atoms. The largest absolute Gasteiger partial charge is 0.464 e. The summed E-state index contributed by atoms with van der Waals surface area (Å²) in [7, 11) is 0. The molecular weight excluding hydrogens is 230 g/mol. The lowest BCUT2D eigenvalue weighted by Crippen LogP contribution is -1.86. The summed E-state index contributed by atoms with van der Waals surface area (Å²) in [6.45, 7) is 0. The van der Waals surface area contributed by atoms with Crippen LogP contribution in [-0.4, -0.2) is 4.92 Å². The van der Waals surface area contributed by atoms with E-state index in [0.29, 0.717) is 0 Å². The van der Waals surface area contributed by atoms with Gasteiger partial charge in [-0.1, -0.05) is 18.2 Å². The van der Waals surface area contributed by atoms with Crippen LogP contribution in [0.4, 0.5) is 5.69 Å². The van der Waals surface area contributed by atoms with Crippen molar-refractivity contribution in [3.05, 3.63) is 64.9 Å². The van der Waals surface area contributed by atoms with E-state index in [-0.39, 0.29) is 5.69 Å². The van der Waals surface area contributed by atoms with Crippen LogP contribution in [0.5, 0.6) is 0 Å². The third-order valence-corrected chi connectivity index (χ3v) is 2.87. The maximum absolute atomic E-state index is 10.6. The molecule has 4 nitrogen and oxygen atoms in total. The van der Waals surface area contributed by atoms with Gasteiger partial charge >= 0.3 is 0 Å². The van der Waals surface area contributed by atoms with Gasteiger partial charge in [0.25, 0.3) is 5.69 Å². The molecule has 0 aliphatic rings. The first-order valence-corrected chi connectivity index (χ1v) is 5.47. The number of nitrogens with zero attached hydrogens (tertiary/aromatic N) is 1. The number of non-ortho nitro benzene ring substituents is 1. The number of fused-ring (bicyclic) bond motifs is 1. The summed E-state index contributed by atoms with van der Waals surface area (Å²) in [4.78, 5) is 10.2. The van der Waals surface area contributed by atoms with Gasteiger partial charge in [0.1, 0.15) is 5.58 Å². The van der Waals surface area contributed by atoms with Crippen LogP contribution in [0.2, 0.25) is 0 Å². The highest BCUT2D eigenvalue weighted by atomic mass is 16.6. The number of hydrogen-bond acceptors (Lipinski definition) is 3. The van der Waals surface area contributed by atoms with Crippen LogP contribution in [-0.2, 0) is 0 Å². The maximum atomic E-state index is 10.6. The fourth-order valence-electron chi connectivity index (χ4n) is 1.96. The van der Waals surface area contributed by atoms with Gasteiger partial charge in [-0.3, -0.25) is 10.1 Å². The second-order valence-corrected chi connectivity index (χ2v) is 3.95. The van der Waals surface area contributed by atoms with Crippen LogP contribution in [0.25, 0.3) is 22.1 Å². The Morgan fingerprint density at radius 2 is 1.72 bits per heavy atom. The molecule has 3 rings (SSSR count). The zero-order valence-corrected chi connectivity index (χ0v) is 9.37. The first-order valence-electron chi connectivity index (χ1n) is 5.47. The van der Waals surface area contributed by atoms with Crippen LogP contribution in [0.15, 0.2) is 59.2 Å². The fourth-order valence-corrected chi connectivity index (χ4v) is 1.96. The van der Waals surface area contributed by atoms with E-state index in [1.54, 1.807) is 18.4 Å². The molecule has 1 heterocycles. The maximum Gasteiger partial charge on any atom is 0.269 e. The van der Waals surface area contributed by atoms with Gasteiger partial charge in [-0.05, 0) is 23.8 Å². The molecule has 2 aromatic carbocycles. The van der Waals surface area contributed by atoms with Crippen molar-refractivity contribution in [2.24, 2.45) is 0 Å². The van der Waals surface area contributed by atoms with E-state index in [9.17, 15) is 10.1 Å². The Balaban J connectivity index is 2.12. The molecule has 0 saturated carbocycles. The van der Waals surface area contributed by atoms with E-state index in [1.807, 2.05) is 24.3 Å². The number of nitro benzene ring substituents is 1. The quantitative estimate of drug-likeness (QED) is 0.501. The summed E-state index contributed by atoms with van der Waals surface area (Å²) in [6.07, 6.45) is 1.67. The molecular formula is C14H9NO3. The SMILES string of the molecule is O=[N+]([O-])c1ccc(-c2coc3ccccc23)cc1. The fraction of sp³-hybridized carbons (Fsp3) is 0. The molecule has 0 N–H and O–H groups in total. The summed E-state index contributed by atoms with van der Waals surface area (Å²) in [6, 6.07) is 14.2. The lowest BCUT2D eigenvalue weighted by molar-refractivity contribution is -0.384. The average Bonchev–Trinajstić information content (AvgIpc) is 2.82. The molecule has 0 unspecified atom stereocenters. The highest BCUT2D eigenvalue weighted by molar-refractivity contribution is 5.93. The molecule has 88 valence electrons. The number of nitro groups is 1. The Morgan fingerprint density at radius 3 is 2.44 bits per heavy atom. The molecule has 1 aromatic heterocycles. The van der Waals surface area contributed by atoms with Gasteiger partial charge in [0.2, 0.25) is 0 Å². The lowest BCUT2D eigenvalue weighted by Gasteiger charge is -1.98. The predicted octanol–water partition coefficient (Wildman–Crippen LogP) is 4.01. The van der Waals surface area contributed by atoms with Crippen molar-refractivity contribution in [3.63, 3.8) is 0 Å². The normalized spacial score (nSPS) is 10.7. The second kappa shape index (κ2) is 4.00. The lowest BCUT2D eigenvalue weighted by atomic mass is 10.0. The molecule has 0 fully saturated rings. The first-order chi connectivity index (χ1) is 8.75. The molecule has 0 saturated heterocycles. The Morgan fingerprint density at radius 1 is 1.00 bits per heavy atom. The highest BCUT2D eigenvalue weighted by Gasteiger charge is 2.09. The monoisotopic (exact) mass is 239 g/mol. The molecule has 0 aliphatic carbocycles. The van der Waals surface area contributed by atoms with E-state index in [2.05, 4.69) is 0 Å². The van der Waals surface area contributed by atoms with E-state index < -0.39 is 4.92 Å². The Kier molecular flexibility index (Phi) is 2.34. The van der Waals surface area contributed by atoms with Gasteiger partial charge in [-0.2, -0.15) is 0 Å². The molecule has 0 radical (unpaired) electrons. The van der Waals surface area contributed by atoms with E-state index in [4.69, 9.17) is 4.42 Å². The van der Waals surface area contributed by atoms with Crippen molar-refractivity contribution in [1.82, 2.24) is 0 Å². The number of benzene rings is 2. The summed E-state index contributed by atoms with van der Waals surface area (Å²) in [5.74, 6) is 0. The third kappa shape index (κ3) is 1.64. The van der Waals surface area contributed by atoms with E-state index >= 15 is 0 Å². The summed E-state index contributed by atoms with van der Waals surface area (Å²) in [5.41, 5.74) is 2.75. The molecule has 0 bridgehead atoms. The number of para-hydroxylation sites is 1. The topological polar surface area (TPSA) is 56.3 Å². The number of furan rings is 1. The van der Waals surface area contributed by atoms with Crippen molar-refractivity contribution >= 4 is 16.7 Å². The molecule has 0 amide bonds. The Labute approximate surface area is 103 Å². The van der Waals surface area contributed by atoms with Crippen LogP contribution < -0.4 is 0 Å². The Hall–Kier alpha value is -2.62. The van der Waals surface area contributed by atoms with Crippen LogP contribution in [0.3, 0.4) is 0 Å². The second-order valence-electron chi connectivity index (χ2n) is 3.95. The van der Waals surface area contributed by atoms with Crippen molar-refractivity contribution in [1.29, 1.82) is 0 Å². The van der Waals surface area contributed by atoms with E-state index in [0.717, 1.165) is 22.1 Å². The van der Waals surface area contributed by atoms with Gasteiger partial charge in [-0.15, -0.1) is 0 Å². The minimum Gasteiger partial charge on any atom is -0.464 e. The van der Waals surface area contributed by atoms with Crippen LogP contribution in [0.1, 0.15) is 0 Å². The Bertz CT molecular complexity index is 713. The highest BCUT2D eigenvalue weighted by Crippen LogP contribution is 2.31. The van der Waals surface area contributed by atoms with Crippen molar-refractivity contribution < 1.29 is 9.34 Å². The minimum atomic E-state index is -0.406. The molecule has 0 atom stereocenters. The summed E-state index contributed by atoms with van der Waals surface area (Å²) < 4.78 is 5.45. The molecule has 0 aliphatic heterocycles. The van der Waals surface area contributed by atoms with Crippen molar-refractivity contribution in [3.8, 4) is 11.1 Å². The zero-order valence-electron chi connectivity index (χ0n) is 9.37. The van der Waals surface area contributed by atoms with E-state index in [1.165, 1.54) is 12.1 Å². The van der Waals surface area contributed by atoms with Crippen LogP contribution in [0, 0.1) is 10.1 Å². The van der Waals surface area contributed by atoms with Crippen molar-refractivity contribution in [2.75, 3.05) is 0 Å². The van der Waals surface area contributed by atoms with Gasteiger partial charge in [0, 0.05) is 23.1 Å². The summed E-state index contributed by atoms with van der Waals surface area (Å²) in [5, 5.41) is 11.6. The summed E-state index contributed by atoms with van der Waals surface area (Å²) >= 11 is 0. The van der Waals surface area contributed by atoms with Gasteiger partial charge in [0.15, 0.2) is 0 Å². The van der Waals surface area contributed by atoms with Crippen molar-refractivity contribution in [2.45, 2.75) is 0 Å². The zero-order chi connectivity index (χ0) is 12.5. The van der Waals surface area contributed by atoms with Gasteiger partial charge in [-0.25, -0.2) is 0 Å². The molecule has 0 spiro atoms. The number of rotatable bonds is 2. The van der Waals surface area contributed by atoms with Gasteiger partial charge in [0.05, 0.1) is 11.2 Å². The van der Waals surface area contributed by atoms with Gasteiger partial charge < -0.3 is 4.42 Å². The standard InChI is InChI=1S/C14H9NO3/c16-15(17)11-7-5-10(6-8-11)13-9-18-14-4-2-1-3-12(13)14/h1-9H. The first kappa shape index (κ1) is 10.5. The van der Waals surface area contributed by atoms with Crippen LogP contribution >= 0.6 is 0 Å². The average molecular weight is 239 g/mol. The predicted molar refractivity (Wildman–Crippen MR) is 68.3 cm³/mol. The minimum absolute atomic E-state index is 0.0894. The number of hydrogen-bond donors (Lipinski definition) is 0. The smallest absolute Gasteiger partial charge is 0.269 e.